The number of benzene rings is 2. The highest BCUT2D eigenvalue weighted by Crippen LogP contribution is 2.28. The Morgan fingerprint density at radius 1 is 1.19 bits per heavy atom. The van der Waals surface area contributed by atoms with Gasteiger partial charge in [0, 0.05) is 10.2 Å². The van der Waals surface area contributed by atoms with Crippen LogP contribution in [-0.4, -0.2) is 20.2 Å². The zero-order valence-corrected chi connectivity index (χ0v) is 12.8. The van der Waals surface area contributed by atoms with Crippen LogP contribution in [0.4, 0.5) is 10.1 Å². The Bertz CT molecular complexity index is 754. The molecule has 3 rings (SSSR count). The van der Waals surface area contributed by atoms with Gasteiger partial charge in [-0.25, -0.2) is 4.39 Å². The van der Waals surface area contributed by atoms with E-state index in [-0.39, 0.29) is 11.4 Å². The summed E-state index contributed by atoms with van der Waals surface area (Å²) >= 11 is 9.51. The lowest BCUT2D eigenvalue weighted by Gasteiger charge is -2.08. The van der Waals surface area contributed by atoms with Gasteiger partial charge < -0.3 is 5.73 Å². The zero-order chi connectivity index (χ0) is 15.0. The summed E-state index contributed by atoms with van der Waals surface area (Å²) in [4.78, 5) is 0. The molecule has 3 aromatic rings. The van der Waals surface area contributed by atoms with Gasteiger partial charge in [-0.3, -0.25) is 0 Å². The molecule has 2 aromatic carbocycles. The fraction of sp³-hybridized carbons (Fsp3) is 0. The Morgan fingerprint density at radius 2 is 2.00 bits per heavy atom. The average molecular weight is 369 g/mol. The van der Waals surface area contributed by atoms with E-state index in [2.05, 4.69) is 31.5 Å². The minimum Gasteiger partial charge on any atom is -0.399 e. The summed E-state index contributed by atoms with van der Waals surface area (Å²) < 4.78 is 16.2. The van der Waals surface area contributed by atoms with Crippen LogP contribution in [0.15, 0.2) is 40.9 Å². The number of aromatic nitrogens is 4. The molecule has 0 spiro atoms. The van der Waals surface area contributed by atoms with Gasteiger partial charge in [0.25, 0.3) is 0 Å². The van der Waals surface area contributed by atoms with Crippen LogP contribution in [0, 0.1) is 5.82 Å². The molecule has 1 heterocycles. The lowest BCUT2D eigenvalue weighted by molar-refractivity contribution is 0.629. The second-order valence-electron chi connectivity index (χ2n) is 4.25. The molecule has 8 heteroatoms. The lowest BCUT2D eigenvalue weighted by atomic mass is 10.2. The van der Waals surface area contributed by atoms with Crippen molar-refractivity contribution in [2.75, 3.05) is 5.73 Å². The van der Waals surface area contributed by atoms with Crippen molar-refractivity contribution in [3.8, 4) is 17.1 Å². The van der Waals surface area contributed by atoms with E-state index < -0.39 is 5.82 Å². The van der Waals surface area contributed by atoms with Gasteiger partial charge in [0.15, 0.2) is 5.82 Å². The Morgan fingerprint density at radius 3 is 2.71 bits per heavy atom. The molecule has 0 aliphatic heterocycles. The first-order valence-electron chi connectivity index (χ1n) is 5.85. The number of hydrogen-bond acceptors (Lipinski definition) is 4. The summed E-state index contributed by atoms with van der Waals surface area (Å²) in [6.45, 7) is 0. The van der Waals surface area contributed by atoms with Crippen molar-refractivity contribution in [3.05, 3.63) is 51.7 Å². The zero-order valence-electron chi connectivity index (χ0n) is 10.5. The highest BCUT2D eigenvalue weighted by atomic mass is 79.9. The number of nitrogens with two attached hydrogens (primary N) is 1. The Hall–Kier alpha value is -1.99. The quantitative estimate of drug-likeness (QED) is 0.703. The van der Waals surface area contributed by atoms with Gasteiger partial charge in [-0.2, -0.15) is 4.68 Å². The van der Waals surface area contributed by atoms with Crippen molar-refractivity contribution in [2.24, 2.45) is 0 Å². The predicted octanol–water partition coefficient (Wildman–Crippen LogP) is 3.47. The van der Waals surface area contributed by atoms with Gasteiger partial charge in [0.05, 0.1) is 16.3 Å². The van der Waals surface area contributed by atoms with E-state index in [1.54, 1.807) is 24.3 Å². The number of anilines is 1. The Balaban J connectivity index is 2.17. The molecule has 2 N–H and O–H groups in total. The van der Waals surface area contributed by atoms with Crippen LogP contribution in [0.1, 0.15) is 0 Å². The average Bonchev–Trinajstić information content (AvgIpc) is 2.87. The minimum atomic E-state index is -0.501. The molecule has 0 radical (unpaired) electrons. The van der Waals surface area contributed by atoms with Crippen LogP contribution in [0.3, 0.4) is 0 Å². The van der Waals surface area contributed by atoms with Crippen LogP contribution in [0.2, 0.25) is 5.02 Å². The highest BCUT2D eigenvalue weighted by Gasteiger charge is 2.16. The first-order chi connectivity index (χ1) is 10.1. The molecular formula is C13H8BrClFN5. The molecule has 5 nitrogen and oxygen atoms in total. The third-order valence-electron chi connectivity index (χ3n) is 2.84. The van der Waals surface area contributed by atoms with Crippen LogP contribution in [0.5, 0.6) is 0 Å². The highest BCUT2D eigenvalue weighted by molar-refractivity contribution is 9.10. The van der Waals surface area contributed by atoms with Gasteiger partial charge in [0.2, 0.25) is 0 Å². The second kappa shape index (κ2) is 5.42. The molecular weight excluding hydrogens is 361 g/mol. The largest absolute Gasteiger partial charge is 0.399 e. The van der Waals surface area contributed by atoms with Gasteiger partial charge in [-0.15, -0.1) is 5.10 Å². The third-order valence-corrected chi connectivity index (χ3v) is 3.64. The molecule has 0 fully saturated rings. The summed E-state index contributed by atoms with van der Waals surface area (Å²) in [5, 5.41) is 11.8. The molecule has 0 aliphatic rings. The van der Waals surface area contributed by atoms with E-state index in [1.807, 2.05) is 0 Å². The van der Waals surface area contributed by atoms with Crippen molar-refractivity contribution in [2.45, 2.75) is 0 Å². The number of rotatable bonds is 2. The standard InChI is InChI=1S/C13H8BrClFN5/c14-7-1-4-12(10(15)5-7)21-13(18-19-20-21)9-3-2-8(17)6-11(9)16/h1-6H,17H2. The molecule has 0 saturated heterocycles. The SMILES string of the molecule is Nc1ccc(-c2nnnn2-c2ccc(Br)cc2Cl)c(F)c1. The summed E-state index contributed by atoms with van der Waals surface area (Å²) in [6.07, 6.45) is 0. The summed E-state index contributed by atoms with van der Waals surface area (Å²) in [5.41, 5.74) is 6.67. The summed E-state index contributed by atoms with van der Waals surface area (Å²) in [5.74, 6) is -0.254. The van der Waals surface area contributed by atoms with E-state index in [1.165, 1.54) is 16.8 Å². The molecule has 0 unspecified atom stereocenters. The normalized spacial score (nSPS) is 10.8. The van der Waals surface area contributed by atoms with Crippen LogP contribution < -0.4 is 5.73 Å². The molecule has 0 atom stereocenters. The third kappa shape index (κ3) is 2.62. The number of halogens is 3. The first-order valence-corrected chi connectivity index (χ1v) is 7.02. The van der Waals surface area contributed by atoms with Gasteiger partial charge >= 0.3 is 0 Å². The second-order valence-corrected chi connectivity index (χ2v) is 5.57. The van der Waals surface area contributed by atoms with Crippen molar-refractivity contribution in [3.63, 3.8) is 0 Å². The van der Waals surface area contributed by atoms with E-state index in [4.69, 9.17) is 17.3 Å². The number of nitrogen functional groups attached to an aromatic ring is 1. The molecule has 0 saturated carbocycles. The van der Waals surface area contributed by atoms with Gasteiger partial charge in [-0.1, -0.05) is 27.5 Å². The van der Waals surface area contributed by atoms with Crippen molar-refractivity contribution < 1.29 is 4.39 Å². The molecule has 0 amide bonds. The number of nitrogens with zero attached hydrogens (tertiary/aromatic N) is 4. The number of tetrazole rings is 1. The van der Waals surface area contributed by atoms with Crippen LogP contribution in [-0.2, 0) is 0 Å². The molecule has 106 valence electrons. The number of hydrogen-bond donors (Lipinski definition) is 1. The predicted molar refractivity (Wildman–Crippen MR) is 81.7 cm³/mol. The van der Waals surface area contributed by atoms with E-state index in [9.17, 15) is 4.39 Å². The molecule has 21 heavy (non-hydrogen) atoms. The van der Waals surface area contributed by atoms with Gasteiger partial charge in [-0.05, 0) is 46.8 Å². The topological polar surface area (TPSA) is 69.6 Å². The van der Waals surface area contributed by atoms with E-state index in [0.717, 1.165) is 4.47 Å². The maximum Gasteiger partial charge on any atom is 0.190 e. The van der Waals surface area contributed by atoms with Crippen molar-refractivity contribution in [1.82, 2.24) is 20.2 Å². The molecule has 0 bridgehead atoms. The molecule has 0 aliphatic carbocycles. The van der Waals surface area contributed by atoms with Crippen LogP contribution in [0.25, 0.3) is 17.1 Å². The van der Waals surface area contributed by atoms with E-state index >= 15 is 0 Å². The fourth-order valence-corrected chi connectivity index (χ4v) is 2.64. The lowest BCUT2D eigenvalue weighted by Crippen LogP contribution is -2.02. The Labute approximate surface area is 132 Å². The first kappa shape index (κ1) is 14.0. The van der Waals surface area contributed by atoms with Gasteiger partial charge in [0.1, 0.15) is 5.82 Å². The molecule has 1 aromatic heterocycles. The monoisotopic (exact) mass is 367 g/mol. The maximum absolute atomic E-state index is 14.0. The maximum atomic E-state index is 14.0. The fourth-order valence-electron chi connectivity index (χ4n) is 1.88. The summed E-state index contributed by atoms with van der Waals surface area (Å²) in [7, 11) is 0. The van der Waals surface area contributed by atoms with Crippen LogP contribution >= 0.6 is 27.5 Å². The smallest absolute Gasteiger partial charge is 0.190 e. The minimum absolute atomic E-state index is 0.244. The summed E-state index contributed by atoms with van der Waals surface area (Å²) in [6, 6.07) is 9.58. The van der Waals surface area contributed by atoms with Crippen molar-refractivity contribution >= 4 is 33.2 Å². The van der Waals surface area contributed by atoms with E-state index in [0.29, 0.717) is 16.4 Å². The Kier molecular flexibility index (Phi) is 3.60. The van der Waals surface area contributed by atoms with Crippen molar-refractivity contribution in [1.29, 1.82) is 0 Å².